The lowest BCUT2D eigenvalue weighted by Crippen LogP contribution is -2.64. The number of ether oxygens (including phenoxy) is 3. The minimum atomic E-state index is -1.44. The molecule has 0 unspecified atom stereocenters. The summed E-state index contributed by atoms with van der Waals surface area (Å²) in [6.07, 6.45) is -3.69. The van der Waals surface area contributed by atoms with Crippen molar-refractivity contribution < 1.29 is 34.0 Å². The number of carbonyl (C=O) groups excluding carboxylic acids is 2. The van der Waals surface area contributed by atoms with Crippen LogP contribution >= 0.6 is 11.8 Å². The number of amides is 2. The molecule has 2 N–H and O–H groups in total. The summed E-state index contributed by atoms with van der Waals surface area (Å²) in [7, 11) is 1.59. The highest BCUT2D eigenvalue weighted by molar-refractivity contribution is 7.99. The SMILES string of the molecule is COc1ccc(COC[C@H]2O[C@@H](Sc3ccccc3)[C@H](N3C(=O)c4ccccc4C3=O)[C@@H](O)[C@@H]2O)cc1. The van der Waals surface area contributed by atoms with Crippen LogP contribution in [-0.4, -0.2) is 70.4 Å². The van der Waals surface area contributed by atoms with E-state index in [4.69, 9.17) is 14.2 Å². The fourth-order valence-corrected chi connectivity index (χ4v) is 5.76. The van der Waals surface area contributed by atoms with Crippen LogP contribution in [-0.2, 0) is 16.1 Å². The molecule has 1 saturated heterocycles. The number of thioether (sulfide) groups is 1. The smallest absolute Gasteiger partial charge is 0.262 e. The number of benzene rings is 3. The van der Waals surface area contributed by atoms with Gasteiger partial charge in [-0.25, -0.2) is 0 Å². The lowest BCUT2D eigenvalue weighted by molar-refractivity contribution is -0.187. The molecule has 2 heterocycles. The Bertz CT molecular complexity index is 1220. The maximum Gasteiger partial charge on any atom is 0.262 e. The Hall–Kier alpha value is -3.21. The molecule has 0 bridgehead atoms. The van der Waals surface area contributed by atoms with Crippen molar-refractivity contribution in [2.75, 3.05) is 13.7 Å². The van der Waals surface area contributed by atoms with Crippen LogP contribution in [0.4, 0.5) is 0 Å². The summed E-state index contributed by atoms with van der Waals surface area (Å²) >= 11 is 1.28. The molecule has 37 heavy (non-hydrogen) atoms. The lowest BCUT2D eigenvalue weighted by atomic mass is 9.97. The maximum atomic E-state index is 13.2. The Morgan fingerprint density at radius 1 is 0.865 bits per heavy atom. The molecule has 2 aliphatic rings. The predicted molar refractivity (Wildman–Crippen MR) is 136 cm³/mol. The third kappa shape index (κ3) is 5.14. The van der Waals surface area contributed by atoms with Crippen molar-refractivity contribution in [1.82, 2.24) is 4.90 Å². The van der Waals surface area contributed by atoms with E-state index >= 15 is 0 Å². The largest absolute Gasteiger partial charge is 0.497 e. The number of hydrogen-bond acceptors (Lipinski definition) is 8. The number of fused-ring (bicyclic) bond motifs is 1. The first kappa shape index (κ1) is 25.4. The lowest BCUT2D eigenvalue weighted by Gasteiger charge is -2.45. The first-order chi connectivity index (χ1) is 18.0. The summed E-state index contributed by atoms with van der Waals surface area (Å²) < 4.78 is 17.2. The minimum absolute atomic E-state index is 0.00490. The summed E-state index contributed by atoms with van der Waals surface area (Å²) in [5.74, 6) is -0.306. The second kappa shape index (κ2) is 11.0. The highest BCUT2D eigenvalue weighted by atomic mass is 32.2. The van der Waals surface area contributed by atoms with E-state index in [2.05, 4.69) is 0 Å². The van der Waals surface area contributed by atoms with Gasteiger partial charge in [-0.05, 0) is 42.0 Å². The fraction of sp³-hybridized carbons (Fsp3) is 0.286. The molecule has 192 valence electrons. The van der Waals surface area contributed by atoms with Gasteiger partial charge in [0.2, 0.25) is 0 Å². The Morgan fingerprint density at radius 2 is 1.49 bits per heavy atom. The van der Waals surface area contributed by atoms with Crippen molar-refractivity contribution in [2.45, 2.75) is 41.3 Å². The molecule has 5 atom stereocenters. The third-order valence-corrected chi connectivity index (χ3v) is 7.66. The summed E-state index contributed by atoms with van der Waals surface area (Å²) in [4.78, 5) is 28.3. The zero-order valence-electron chi connectivity index (χ0n) is 20.1. The number of aliphatic hydroxyl groups excluding tert-OH is 2. The van der Waals surface area contributed by atoms with E-state index in [1.54, 1.807) is 31.4 Å². The van der Waals surface area contributed by atoms with E-state index in [0.717, 1.165) is 21.1 Å². The maximum absolute atomic E-state index is 13.2. The van der Waals surface area contributed by atoms with Gasteiger partial charge < -0.3 is 24.4 Å². The van der Waals surface area contributed by atoms with Crippen LogP contribution in [0.5, 0.6) is 5.75 Å². The molecule has 9 heteroatoms. The molecule has 2 amide bonds. The standard InChI is InChI=1S/C28H27NO7S/c1-34-18-13-11-17(12-14-18)15-35-16-22-24(30)25(31)23(28(36-22)37-19-7-3-2-4-8-19)29-26(32)20-9-5-6-10-21(20)27(29)33/h2-14,22-25,28,30-31H,15-16H2,1H3/t22-,23-,24-,25-,28+/m1/s1. The molecular formula is C28H27NO7S. The highest BCUT2D eigenvalue weighted by Gasteiger charge is 2.53. The Morgan fingerprint density at radius 3 is 2.11 bits per heavy atom. The second-order valence-corrected chi connectivity index (χ2v) is 10.0. The molecule has 2 aliphatic heterocycles. The zero-order chi connectivity index (χ0) is 25.9. The van der Waals surface area contributed by atoms with Gasteiger partial charge in [-0.15, -0.1) is 0 Å². The number of rotatable bonds is 8. The van der Waals surface area contributed by atoms with E-state index < -0.39 is 41.6 Å². The van der Waals surface area contributed by atoms with Gasteiger partial charge in [-0.1, -0.05) is 54.2 Å². The number of carbonyl (C=O) groups is 2. The number of nitrogens with zero attached hydrogens (tertiary/aromatic N) is 1. The van der Waals surface area contributed by atoms with Crippen molar-refractivity contribution in [1.29, 1.82) is 0 Å². The topological polar surface area (TPSA) is 106 Å². The Labute approximate surface area is 218 Å². The molecule has 0 aromatic heterocycles. The first-order valence-corrected chi connectivity index (χ1v) is 12.8. The van der Waals surface area contributed by atoms with Crippen LogP contribution in [0.25, 0.3) is 0 Å². The molecule has 0 saturated carbocycles. The number of imide groups is 1. The Kier molecular flexibility index (Phi) is 7.59. The van der Waals surface area contributed by atoms with E-state index in [0.29, 0.717) is 0 Å². The number of methoxy groups -OCH3 is 1. The summed E-state index contributed by atoms with van der Waals surface area (Å²) in [6, 6.07) is 22.2. The minimum Gasteiger partial charge on any atom is -0.497 e. The molecule has 8 nitrogen and oxygen atoms in total. The van der Waals surface area contributed by atoms with Gasteiger partial charge in [0, 0.05) is 4.90 Å². The number of hydrogen-bond donors (Lipinski definition) is 2. The zero-order valence-corrected chi connectivity index (χ0v) is 20.9. The Balaban J connectivity index is 1.36. The second-order valence-electron chi connectivity index (χ2n) is 8.83. The van der Waals surface area contributed by atoms with Gasteiger partial charge in [0.1, 0.15) is 35.5 Å². The first-order valence-electron chi connectivity index (χ1n) is 11.9. The van der Waals surface area contributed by atoms with Gasteiger partial charge in [-0.2, -0.15) is 0 Å². The van der Waals surface area contributed by atoms with Gasteiger partial charge in [0.15, 0.2) is 0 Å². The van der Waals surface area contributed by atoms with Crippen LogP contribution < -0.4 is 4.74 Å². The van der Waals surface area contributed by atoms with Gasteiger partial charge in [0.25, 0.3) is 11.8 Å². The van der Waals surface area contributed by atoms with E-state index in [1.807, 2.05) is 54.6 Å². The summed E-state index contributed by atoms with van der Waals surface area (Å²) in [5, 5.41) is 22.2. The molecule has 5 rings (SSSR count). The molecule has 3 aromatic carbocycles. The monoisotopic (exact) mass is 521 g/mol. The average molecular weight is 522 g/mol. The van der Waals surface area contributed by atoms with Crippen LogP contribution in [0, 0.1) is 0 Å². The van der Waals surface area contributed by atoms with Crippen LogP contribution in [0.2, 0.25) is 0 Å². The van der Waals surface area contributed by atoms with Crippen LogP contribution in [0.1, 0.15) is 26.3 Å². The third-order valence-electron chi connectivity index (χ3n) is 6.50. The molecule has 3 aromatic rings. The fourth-order valence-electron chi connectivity index (χ4n) is 4.55. The van der Waals surface area contributed by atoms with Gasteiger partial charge in [0.05, 0.1) is 31.5 Å². The van der Waals surface area contributed by atoms with Gasteiger partial charge in [-0.3, -0.25) is 14.5 Å². The van der Waals surface area contributed by atoms with E-state index in [1.165, 1.54) is 11.8 Å². The van der Waals surface area contributed by atoms with Crippen molar-refractivity contribution in [3.63, 3.8) is 0 Å². The van der Waals surface area contributed by atoms with Crippen molar-refractivity contribution in [3.8, 4) is 5.75 Å². The molecular weight excluding hydrogens is 494 g/mol. The van der Waals surface area contributed by atoms with Crippen molar-refractivity contribution in [3.05, 3.63) is 95.6 Å². The highest BCUT2D eigenvalue weighted by Crippen LogP contribution is 2.39. The number of aliphatic hydroxyl groups is 2. The molecule has 0 radical (unpaired) electrons. The average Bonchev–Trinajstić information content (AvgIpc) is 3.18. The molecule has 0 spiro atoms. The van der Waals surface area contributed by atoms with E-state index in [-0.39, 0.29) is 24.3 Å². The van der Waals surface area contributed by atoms with Crippen molar-refractivity contribution >= 4 is 23.6 Å². The van der Waals surface area contributed by atoms with Crippen molar-refractivity contribution in [2.24, 2.45) is 0 Å². The van der Waals surface area contributed by atoms with E-state index in [9.17, 15) is 19.8 Å². The summed E-state index contributed by atoms with van der Waals surface area (Å²) in [5.41, 5.74) is 0.605. The van der Waals surface area contributed by atoms with Crippen LogP contribution in [0.3, 0.4) is 0 Å². The van der Waals surface area contributed by atoms with Crippen LogP contribution in [0.15, 0.2) is 83.8 Å². The predicted octanol–water partition coefficient (Wildman–Crippen LogP) is 3.12. The summed E-state index contributed by atoms with van der Waals surface area (Å²) in [6.45, 7) is 0.274. The quantitative estimate of drug-likeness (QED) is 0.436. The molecule has 1 fully saturated rings. The molecule has 0 aliphatic carbocycles. The normalized spacial score (nSPS) is 25.3. The van der Waals surface area contributed by atoms with Gasteiger partial charge >= 0.3 is 0 Å².